The zero-order valence-corrected chi connectivity index (χ0v) is 11.1. The highest BCUT2D eigenvalue weighted by molar-refractivity contribution is 8.00. The summed E-state index contributed by atoms with van der Waals surface area (Å²) >= 11 is 3.50. The zero-order chi connectivity index (χ0) is 11.4. The molecule has 1 rings (SSSR count). The van der Waals surface area contributed by atoms with Crippen molar-refractivity contribution in [3.8, 4) is 0 Å². The Hall–Kier alpha value is -0.480. The average Bonchev–Trinajstić information content (AvgIpc) is 2.21. The molecule has 2 nitrogen and oxygen atoms in total. The van der Waals surface area contributed by atoms with Gasteiger partial charge in [-0.3, -0.25) is 0 Å². The maximum absolute atomic E-state index is 6.09. The normalized spacial score (nSPS) is 10.6. The molecular formula is C11H18N2S2. The van der Waals surface area contributed by atoms with Gasteiger partial charge in [0.05, 0.1) is 10.6 Å². The Morgan fingerprint density at radius 1 is 1.13 bits per heavy atom. The van der Waals surface area contributed by atoms with Crippen LogP contribution in [0.4, 0.5) is 11.4 Å². The summed E-state index contributed by atoms with van der Waals surface area (Å²) in [7, 11) is 0. The van der Waals surface area contributed by atoms with E-state index in [9.17, 15) is 0 Å². The molecule has 84 valence electrons. The van der Waals surface area contributed by atoms with Crippen LogP contribution in [0.3, 0.4) is 0 Å². The second kappa shape index (κ2) is 5.56. The predicted octanol–water partition coefficient (Wildman–Crippen LogP) is 3.38. The second-order valence-corrected chi connectivity index (χ2v) is 5.78. The van der Waals surface area contributed by atoms with Crippen molar-refractivity contribution in [1.82, 2.24) is 0 Å². The van der Waals surface area contributed by atoms with Crippen LogP contribution >= 0.6 is 23.5 Å². The molecule has 4 N–H and O–H groups in total. The first-order chi connectivity index (χ1) is 7.11. The van der Waals surface area contributed by atoms with Gasteiger partial charge in [0.15, 0.2) is 0 Å². The van der Waals surface area contributed by atoms with E-state index in [1.54, 1.807) is 23.5 Å². The Kier molecular flexibility index (Phi) is 4.67. The third kappa shape index (κ3) is 2.75. The first-order valence-electron chi connectivity index (χ1n) is 5.05. The molecule has 1 aromatic carbocycles. The number of nitrogens with two attached hydrogens (primary N) is 2. The number of thioether (sulfide) groups is 2. The molecule has 0 aliphatic rings. The van der Waals surface area contributed by atoms with Gasteiger partial charge < -0.3 is 11.5 Å². The maximum Gasteiger partial charge on any atom is 0.0536 e. The highest BCUT2D eigenvalue weighted by Crippen LogP contribution is 2.38. The van der Waals surface area contributed by atoms with Gasteiger partial charge in [-0.05, 0) is 30.1 Å². The molecule has 0 bridgehead atoms. The van der Waals surface area contributed by atoms with Gasteiger partial charge in [-0.15, -0.1) is 23.5 Å². The minimum absolute atomic E-state index is 0.806. The number of rotatable bonds is 4. The molecule has 0 aliphatic heterocycles. The first kappa shape index (κ1) is 12.6. The summed E-state index contributed by atoms with van der Waals surface area (Å²) in [5.41, 5.74) is 14.9. The topological polar surface area (TPSA) is 52.0 Å². The van der Waals surface area contributed by atoms with E-state index in [0.717, 1.165) is 33.3 Å². The lowest BCUT2D eigenvalue weighted by molar-refractivity contribution is 1.25. The van der Waals surface area contributed by atoms with E-state index in [1.165, 1.54) is 4.90 Å². The Labute approximate surface area is 100 Å². The van der Waals surface area contributed by atoms with Crippen molar-refractivity contribution in [2.24, 2.45) is 0 Å². The lowest BCUT2D eigenvalue weighted by Gasteiger charge is -2.14. The third-order valence-corrected chi connectivity index (χ3v) is 4.21. The zero-order valence-electron chi connectivity index (χ0n) is 9.46. The van der Waals surface area contributed by atoms with Crippen LogP contribution in [0, 0.1) is 6.92 Å². The van der Waals surface area contributed by atoms with Crippen molar-refractivity contribution >= 4 is 34.9 Å². The van der Waals surface area contributed by atoms with E-state index in [2.05, 4.69) is 20.8 Å². The smallest absolute Gasteiger partial charge is 0.0536 e. The van der Waals surface area contributed by atoms with Crippen LogP contribution in [0.5, 0.6) is 0 Å². The Balaban J connectivity index is 3.18. The molecule has 0 aromatic heterocycles. The van der Waals surface area contributed by atoms with Crippen LogP contribution < -0.4 is 11.5 Å². The minimum atomic E-state index is 0.806. The van der Waals surface area contributed by atoms with Crippen LogP contribution in [-0.2, 0) is 0 Å². The summed E-state index contributed by atoms with van der Waals surface area (Å²) in [6, 6.07) is 2.04. The molecule has 0 saturated heterocycles. The van der Waals surface area contributed by atoms with Gasteiger partial charge in [0, 0.05) is 10.6 Å². The summed E-state index contributed by atoms with van der Waals surface area (Å²) in [4.78, 5) is 2.24. The molecular weight excluding hydrogens is 224 g/mol. The number of benzene rings is 1. The number of hydrogen-bond donors (Lipinski definition) is 2. The maximum atomic E-state index is 6.09. The van der Waals surface area contributed by atoms with E-state index < -0.39 is 0 Å². The predicted molar refractivity (Wildman–Crippen MR) is 72.8 cm³/mol. The lowest BCUT2D eigenvalue weighted by atomic mass is 10.2. The molecule has 0 fully saturated rings. The van der Waals surface area contributed by atoms with Crippen molar-refractivity contribution in [2.75, 3.05) is 23.0 Å². The van der Waals surface area contributed by atoms with Gasteiger partial charge >= 0.3 is 0 Å². The highest BCUT2D eigenvalue weighted by atomic mass is 32.2. The summed E-state index contributed by atoms with van der Waals surface area (Å²) in [6.07, 6.45) is 0. The first-order valence-corrected chi connectivity index (χ1v) is 7.03. The van der Waals surface area contributed by atoms with Gasteiger partial charge in [-0.25, -0.2) is 0 Å². The molecule has 0 amide bonds. The van der Waals surface area contributed by atoms with E-state index in [0.29, 0.717) is 0 Å². The quantitative estimate of drug-likeness (QED) is 0.628. The van der Waals surface area contributed by atoms with Crippen molar-refractivity contribution in [2.45, 2.75) is 30.6 Å². The van der Waals surface area contributed by atoms with E-state index >= 15 is 0 Å². The summed E-state index contributed by atoms with van der Waals surface area (Å²) in [6.45, 7) is 6.30. The van der Waals surface area contributed by atoms with E-state index in [4.69, 9.17) is 11.5 Å². The Morgan fingerprint density at radius 3 is 2.27 bits per heavy atom. The van der Waals surface area contributed by atoms with E-state index in [1.807, 2.05) is 6.07 Å². The second-order valence-electron chi connectivity index (χ2n) is 3.20. The third-order valence-electron chi connectivity index (χ3n) is 2.16. The van der Waals surface area contributed by atoms with Crippen LogP contribution in [0.2, 0.25) is 0 Å². The number of nitrogen functional groups attached to an aromatic ring is 2. The summed E-state index contributed by atoms with van der Waals surface area (Å²) in [5.74, 6) is 2.04. The van der Waals surface area contributed by atoms with Crippen LogP contribution in [0.25, 0.3) is 0 Å². The van der Waals surface area contributed by atoms with Crippen molar-refractivity contribution in [3.05, 3.63) is 11.6 Å². The molecule has 0 atom stereocenters. The average molecular weight is 242 g/mol. The fraction of sp³-hybridized carbons (Fsp3) is 0.455. The Morgan fingerprint density at radius 2 is 1.73 bits per heavy atom. The number of anilines is 2. The highest BCUT2D eigenvalue weighted by Gasteiger charge is 2.11. The lowest BCUT2D eigenvalue weighted by Crippen LogP contribution is -2.00. The largest absolute Gasteiger partial charge is 0.398 e. The molecule has 0 saturated carbocycles. The molecule has 0 spiro atoms. The monoisotopic (exact) mass is 242 g/mol. The van der Waals surface area contributed by atoms with Gasteiger partial charge in [0.2, 0.25) is 0 Å². The molecule has 0 radical (unpaired) electrons. The van der Waals surface area contributed by atoms with Gasteiger partial charge in [-0.2, -0.15) is 0 Å². The Bertz CT molecular complexity index is 351. The van der Waals surface area contributed by atoms with Crippen molar-refractivity contribution in [3.63, 3.8) is 0 Å². The number of hydrogen-bond acceptors (Lipinski definition) is 4. The standard InChI is InChI=1S/C11H18N2S2/c1-4-14-9-6-8(12)11(15-5-2)10(13)7(9)3/h6H,4-5,12-13H2,1-3H3. The SMILES string of the molecule is CCSc1cc(N)c(SCC)c(N)c1C. The fourth-order valence-corrected chi connectivity index (χ4v) is 3.06. The minimum Gasteiger partial charge on any atom is -0.398 e. The summed E-state index contributed by atoms with van der Waals surface area (Å²) in [5, 5.41) is 0. The van der Waals surface area contributed by atoms with Crippen LogP contribution in [0.1, 0.15) is 19.4 Å². The van der Waals surface area contributed by atoms with Crippen LogP contribution in [0.15, 0.2) is 15.9 Å². The van der Waals surface area contributed by atoms with Gasteiger partial charge in [0.1, 0.15) is 0 Å². The summed E-state index contributed by atoms with van der Waals surface area (Å²) < 4.78 is 0. The molecule has 15 heavy (non-hydrogen) atoms. The van der Waals surface area contributed by atoms with Gasteiger partial charge in [0.25, 0.3) is 0 Å². The fourth-order valence-electron chi connectivity index (χ4n) is 1.38. The molecule has 0 aliphatic carbocycles. The van der Waals surface area contributed by atoms with Gasteiger partial charge in [-0.1, -0.05) is 13.8 Å². The molecule has 0 heterocycles. The van der Waals surface area contributed by atoms with E-state index in [-0.39, 0.29) is 0 Å². The van der Waals surface area contributed by atoms with Crippen molar-refractivity contribution < 1.29 is 0 Å². The molecule has 1 aromatic rings. The molecule has 4 heteroatoms. The van der Waals surface area contributed by atoms with Crippen LogP contribution in [-0.4, -0.2) is 11.5 Å². The molecule has 0 unspecified atom stereocenters. The van der Waals surface area contributed by atoms with Crippen molar-refractivity contribution in [1.29, 1.82) is 0 Å².